The molecule has 3 rings (SSSR count). The Kier molecular flexibility index (Phi) is 4.90. The van der Waals surface area contributed by atoms with Gasteiger partial charge in [-0.05, 0) is 23.8 Å². The van der Waals surface area contributed by atoms with Gasteiger partial charge in [-0.3, -0.25) is 9.59 Å². The summed E-state index contributed by atoms with van der Waals surface area (Å²) in [6, 6.07) is 9.50. The van der Waals surface area contributed by atoms with Crippen LogP contribution in [0.15, 0.2) is 42.7 Å². The van der Waals surface area contributed by atoms with Crippen LogP contribution < -0.4 is 0 Å². The number of carbonyl (C=O) groups is 2. The van der Waals surface area contributed by atoms with Gasteiger partial charge in [0.25, 0.3) is 0 Å². The number of ether oxygens (including phenoxy) is 1. The average Bonchev–Trinajstić information content (AvgIpc) is 3.09. The van der Waals surface area contributed by atoms with Gasteiger partial charge in [-0.15, -0.1) is 0 Å². The Morgan fingerprint density at radius 2 is 2.08 bits per heavy atom. The summed E-state index contributed by atoms with van der Waals surface area (Å²) in [5, 5.41) is 13.0. The minimum absolute atomic E-state index is 0.0134. The van der Waals surface area contributed by atoms with Crippen molar-refractivity contribution in [2.24, 2.45) is 0 Å². The maximum atomic E-state index is 12.4. The van der Waals surface area contributed by atoms with E-state index >= 15 is 0 Å². The largest absolute Gasteiger partial charge is 0.481 e. The smallest absolute Gasteiger partial charge is 0.306 e. The zero-order valence-corrected chi connectivity index (χ0v) is 13.2. The molecule has 1 N–H and O–H groups in total. The number of amides is 1. The number of carbonyl (C=O) groups excluding carboxylic acids is 1. The summed E-state index contributed by atoms with van der Waals surface area (Å²) in [6.45, 7) is 1.21. The van der Waals surface area contributed by atoms with Gasteiger partial charge in [0.15, 0.2) is 0 Å². The van der Waals surface area contributed by atoms with Crippen molar-refractivity contribution < 1.29 is 19.4 Å². The van der Waals surface area contributed by atoms with E-state index in [9.17, 15) is 9.59 Å². The molecule has 0 bridgehead atoms. The molecule has 0 radical (unpaired) electrons. The van der Waals surface area contributed by atoms with Crippen molar-refractivity contribution in [1.82, 2.24) is 14.7 Å². The minimum atomic E-state index is -0.913. The number of morpholine rings is 1. The maximum absolute atomic E-state index is 12.4. The Morgan fingerprint density at radius 1 is 1.29 bits per heavy atom. The molecular weight excluding hydrogens is 310 g/mol. The molecular formula is C17H19N3O4. The molecule has 0 unspecified atom stereocenters. The Bertz CT molecular complexity index is 697. The summed E-state index contributed by atoms with van der Waals surface area (Å²) in [6.07, 6.45) is 3.35. The lowest BCUT2D eigenvalue weighted by molar-refractivity contribution is -0.147. The summed E-state index contributed by atoms with van der Waals surface area (Å²) >= 11 is 0. The zero-order valence-electron chi connectivity index (χ0n) is 13.2. The molecule has 1 aliphatic heterocycles. The number of carboxylic acids is 1. The van der Waals surface area contributed by atoms with E-state index in [1.165, 1.54) is 0 Å². The molecule has 126 valence electrons. The second kappa shape index (κ2) is 7.27. The van der Waals surface area contributed by atoms with Gasteiger partial charge in [-0.2, -0.15) is 5.10 Å². The van der Waals surface area contributed by atoms with Crippen LogP contribution in [-0.2, 0) is 20.7 Å². The van der Waals surface area contributed by atoms with Crippen LogP contribution in [0.5, 0.6) is 0 Å². The standard InChI is InChI=1S/C17H19N3O4/c21-16(19-8-9-24-15(12-19)11-17(22)23)10-13-2-4-14(5-3-13)20-7-1-6-18-20/h1-7,15H,8-12H2,(H,22,23)/t15-/m1/s1. The van der Waals surface area contributed by atoms with Crippen molar-refractivity contribution in [3.63, 3.8) is 0 Å². The number of hydrogen-bond donors (Lipinski definition) is 1. The number of rotatable bonds is 5. The number of carboxylic acid groups (broad SMARTS) is 1. The van der Waals surface area contributed by atoms with Gasteiger partial charge in [-0.1, -0.05) is 12.1 Å². The molecule has 1 aromatic carbocycles. The molecule has 2 aromatic rings. The fraction of sp³-hybridized carbons (Fsp3) is 0.353. The molecule has 1 atom stereocenters. The van der Waals surface area contributed by atoms with Gasteiger partial charge in [0.05, 0.1) is 31.2 Å². The Labute approximate surface area is 139 Å². The molecule has 0 saturated carbocycles. The second-order valence-corrected chi connectivity index (χ2v) is 5.72. The van der Waals surface area contributed by atoms with Crippen LogP contribution in [0.1, 0.15) is 12.0 Å². The quantitative estimate of drug-likeness (QED) is 0.888. The number of hydrogen-bond acceptors (Lipinski definition) is 4. The van der Waals surface area contributed by atoms with Crippen LogP contribution in [0.4, 0.5) is 0 Å². The van der Waals surface area contributed by atoms with Gasteiger partial charge in [0.1, 0.15) is 0 Å². The normalized spacial score (nSPS) is 17.7. The predicted molar refractivity (Wildman–Crippen MR) is 85.8 cm³/mol. The fourth-order valence-electron chi connectivity index (χ4n) is 2.74. The van der Waals surface area contributed by atoms with E-state index in [1.807, 2.05) is 36.5 Å². The topological polar surface area (TPSA) is 84.7 Å². The SMILES string of the molecule is O=C(O)C[C@@H]1CN(C(=O)Cc2ccc(-n3cccn3)cc2)CCO1. The Hall–Kier alpha value is -2.67. The van der Waals surface area contributed by atoms with Crippen LogP contribution in [0.3, 0.4) is 0 Å². The molecule has 1 amide bonds. The number of aromatic nitrogens is 2. The van der Waals surface area contributed by atoms with E-state index in [2.05, 4.69) is 5.10 Å². The van der Waals surface area contributed by atoms with E-state index < -0.39 is 12.1 Å². The lowest BCUT2D eigenvalue weighted by Gasteiger charge is -2.32. The first-order valence-corrected chi connectivity index (χ1v) is 7.82. The zero-order chi connectivity index (χ0) is 16.9. The molecule has 7 nitrogen and oxygen atoms in total. The molecule has 2 heterocycles. The van der Waals surface area contributed by atoms with Gasteiger partial charge in [-0.25, -0.2) is 4.68 Å². The first kappa shape index (κ1) is 16.2. The van der Waals surface area contributed by atoms with Crippen LogP contribution in [-0.4, -0.2) is 57.5 Å². The van der Waals surface area contributed by atoms with Crippen LogP contribution >= 0.6 is 0 Å². The van der Waals surface area contributed by atoms with Gasteiger partial charge in [0.2, 0.25) is 5.91 Å². The molecule has 24 heavy (non-hydrogen) atoms. The third-order valence-electron chi connectivity index (χ3n) is 3.95. The van der Waals surface area contributed by atoms with Crippen molar-refractivity contribution in [1.29, 1.82) is 0 Å². The summed E-state index contributed by atoms with van der Waals surface area (Å²) in [4.78, 5) is 24.9. The number of aliphatic carboxylic acids is 1. The first-order chi connectivity index (χ1) is 11.6. The average molecular weight is 329 g/mol. The lowest BCUT2D eigenvalue weighted by Crippen LogP contribution is -2.46. The number of benzene rings is 1. The monoisotopic (exact) mass is 329 g/mol. The van der Waals surface area contributed by atoms with E-state index in [-0.39, 0.29) is 12.3 Å². The van der Waals surface area contributed by atoms with Crippen molar-refractivity contribution in [3.05, 3.63) is 48.3 Å². The molecule has 1 saturated heterocycles. The van der Waals surface area contributed by atoms with Crippen molar-refractivity contribution in [3.8, 4) is 5.69 Å². The third kappa shape index (κ3) is 3.99. The molecule has 1 fully saturated rings. The van der Waals surface area contributed by atoms with Crippen molar-refractivity contribution >= 4 is 11.9 Å². The highest BCUT2D eigenvalue weighted by Gasteiger charge is 2.25. The molecule has 0 spiro atoms. The van der Waals surface area contributed by atoms with Crippen LogP contribution in [0, 0.1) is 0 Å². The molecule has 1 aromatic heterocycles. The number of nitrogens with zero attached hydrogens (tertiary/aromatic N) is 3. The summed E-state index contributed by atoms with van der Waals surface area (Å²) < 4.78 is 7.15. The van der Waals surface area contributed by atoms with E-state index in [1.54, 1.807) is 15.8 Å². The highest BCUT2D eigenvalue weighted by molar-refractivity contribution is 5.79. The van der Waals surface area contributed by atoms with Crippen LogP contribution in [0.25, 0.3) is 5.69 Å². The van der Waals surface area contributed by atoms with Gasteiger partial charge in [0, 0.05) is 25.5 Å². The second-order valence-electron chi connectivity index (χ2n) is 5.72. The third-order valence-corrected chi connectivity index (χ3v) is 3.95. The maximum Gasteiger partial charge on any atom is 0.306 e. The van der Waals surface area contributed by atoms with Gasteiger partial charge < -0.3 is 14.7 Å². The van der Waals surface area contributed by atoms with E-state index in [0.29, 0.717) is 26.1 Å². The molecule has 0 aliphatic carbocycles. The fourth-order valence-corrected chi connectivity index (χ4v) is 2.74. The minimum Gasteiger partial charge on any atom is -0.481 e. The van der Waals surface area contributed by atoms with Crippen molar-refractivity contribution in [2.45, 2.75) is 18.9 Å². The lowest BCUT2D eigenvalue weighted by atomic mass is 10.1. The Morgan fingerprint density at radius 3 is 2.75 bits per heavy atom. The summed E-state index contributed by atoms with van der Waals surface area (Å²) in [5.41, 5.74) is 1.85. The summed E-state index contributed by atoms with van der Waals surface area (Å²) in [5.74, 6) is -0.927. The highest BCUT2D eigenvalue weighted by Crippen LogP contribution is 2.13. The molecule has 1 aliphatic rings. The first-order valence-electron chi connectivity index (χ1n) is 7.82. The van der Waals surface area contributed by atoms with Crippen LogP contribution in [0.2, 0.25) is 0 Å². The molecule has 7 heteroatoms. The van der Waals surface area contributed by atoms with E-state index in [0.717, 1.165) is 11.3 Å². The predicted octanol–water partition coefficient (Wildman–Crippen LogP) is 1.12. The van der Waals surface area contributed by atoms with Crippen molar-refractivity contribution in [2.75, 3.05) is 19.7 Å². The van der Waals surface area contributed by atoms with Gasteiger partial charge >= 0.3 is 5.97 Å². The highest BCUT2D eigenvalue weighted by atomic mass is 16.5. The Balaban J connectivity index is 1.59. The van der Waals surface area contributed by atoms with E-state index in [4.69, 9.17) is 9.84 Å². The summed E-state index contributed by atoms with van der Waals surface area (Å²) in [7, 11) is 0.